The highest BCUT2D eigenvalue weighted by Gasteiger charge is 2.34. The van der Waals surface area contributed by atoms with Crippen molar-refractivity contribution in [1.82, 2.24) is 4.31 Å². The minimum Gasteiger partial charge on any atom is -0.325 e. The topological polar surface area (TPSA) is 63.4 Å². The fourth-order valence-corrected chi connectivity index (χ4v) is 3.03. The minimum absolute atomic E-state index is 0.0191. The van der Waals surface area contributed by atoms with E-state index in [1.807, 2.05) is 0 Å². The van der Waals surface area contributed by atoms with E-state index in [1.54, 1.807) is 0 Å². The van der Waals surface area contributed by atoms with E-state index in [2.05, 4.69) is 0 Å². The zero-order chi connectivity index (χ0) is 11.1. The van der Waals surface area contributed by atoms with E-state index < -0.39 is 15.8 Å². The predicted octanol–water partition coefficient (Wildman–Crippen LogP) is 0.157. The van der Waals surface area contributed by atoms with E-state index in [1.165, 1.54) is 22.5 Å². The molecule has 0 spiro atoms. The highest BCUT2D eigenvalue weighted by Crippen LogP contribution is 2.20. The van der Waals surface area contributed by atoms with Crippen LogP contribution in [0.3, 0.4) is 0 Å². The molecule has 2 N–H and O–H groups in total. The van der Waals surface area contributed by atoms with E-state index in [4.69, 9.17) is 5.73 Å². The molecule has 6 heteroatoms. The van der Waals surface area contributed by atoms with Gasteiger partial charge in [0.05, 0.1) is 4.90 Å². The third-order valence-corrected chi connectivity index (χ3v) is 4.14. The van der Waals surface area contributed by atoms with Gasteiger partial charge in [-0.15, -0.1) is 0 Å². The number of hydrogen-bond donors (Lipinski definition) is 1. The van der Waals surface area contributed by atoms with Crippen molar-refractivity contribution < 1.29 is 12.8 Å². The van der Waals surface area contributed by atoms with Crippen LogP contribution in [-0.4, -0.2) is 31.9 Å². The van der Waals surface area contributed by atoms with Gasteiger partial charge in [0.15, 0.2) is 0 Å². The summed E-state index contributed by atoms with van der Waals surface area (Å²) in [6.45, 7) is 0.609. The Morgan fingerprint density at radius 1 is 1.40 bits per heavy atom. The van der Waals surface area contributed by atoms with Crippen LogP contribution < -0.4 is 5.73 Å². The van der Waals surface area contributed by atoms with Crippen molar-refractivity contribution in [3.05, 3.63) is 30.1 Å². The predicted molar refractivity (Wildman–Crippen MR) is 53.1 cm³/mol. The number of halogens is 1. The lowest BCUT2D eigenvalue weighted by Crippen LogP contribution is -2.57. The Balaban J connectivity index is 2.30. The first kappa shape index (κ1) is 10.5. The van der Waals surface area contributed by atoms with Crippen LogP contribution in [0.4, 0.5) is 4.39 Å². The first-order valence-corrected chi connectivity index (χ1v) is 5.95. The van der Waals surface area contributed by atoms with Crippen molar-refractivity contribution in [2.75, 3.05) is 13.1 Å². The van der Waals surface area contributed by atoms with E-state index in [9.17, 15) is 12.8 Å². The summed E-state index contributed by atoms with van der Waals surface area (Å²) in [5.41, 5.74) is 5.49. The molecule has 0 atom stereocenters. The van der Waals surface area contributed by atoms with Gasteiger partial charge in [0.25, 0.3) is 0 Å². The largest absolute Gasteiger partial charge is 0.325 e. The number of hydrogen-bond acceptors (Lipinski definition) is 3. The molecule has 0 radical (unpaired) electrons. The number of nitrogens with zero attached hydrogens (tertiary/aromatic N) is 1. The fraction of sp³-hybridized carbons (Fsp3) is 0.333. The van der Waals surface area contributed by atoms with Crippen molar-refractivity contribution in [3.63, 3.8) is 0 Å². The molecule has 2 rings (SSSR count). The van der Waals surface area contributed by atoms with Gasteiger partial charge in [-0.3, -0.25) is 0 Å². The molecule has 1 aliphatic heterocycles. The summed E-state index contributed by atoms with van der Waals surface area (Å²) in [6.07, 6.45) is 0. The summed E-state index contributed by atoms with van der Waals surface area (Å²) in [6, 6.07) is 4.87. The second-order valence-electron chi connectivity index (χ2n) is 3.54. The van der Waals surface area contributed by atoms with Crippen LogP contribution >= 0.6 is 0 Å². The Hall–Kier alpha value is -0.980. The number of nitrogens with two attached hydrogens (primary N) is 1. The summed E-state index contributed by atoms with van der Waals surface area (Å²) in [5, 5.41) is 0. The maximum atomic E-state index is 12.9. The third-order valence-electron chi connectivity index (χ3n) is 2.31. The molecule has 1 heterocycles. The molecule has 1 saturated heterocycles. The Bertz CT molecular complexity index is 469. The summed E-state index contributed by atoms with van der Waals surface area (Å²) in [4.78, 5) is -0.0191. The van der Waals surface area contributed by atoms with Crippen LogP contribution in [0.5, 0.6) is 0 Å². The normalized spacial score (nSPS) is 18.8. The maximum absolute atomic E-state index is 12.9. The zero-order valence-corrected chi connectivity index (χ0v) is 8.74. The van der Waals surface area contributed by atoms with Crippen molar-refractivity contribution in [2.45, 2.75) is 10.9 Å². The first-order chi connectivity index (χ1) is 7.00. The highest BCUT2D eigenvalue weighted by atomic mass is 32.2. The molecular formula is C9H11FN2O2S. The van der Waals surface area contributed by atoms with Gasteiger partial charge in [-0.2, -0.15) is 4.31 Å². The molecule has 82 valence electrons. The molecule has 15 heavy (non-hydrogen) atoms. The maximum Gasteiger partial charge on any atom is 0.243 e. The molecule has 4 nitrogen and oxygen atoms in total. The van der Waals surface area contributed by atoms with Gasteiger partial charge in [-0.1, -0.05) is 6.07 Å². The summed E-state index contributed by atoms with van der Waals surface area (Å²) < 4.78 is 37.7. The minimum atomic E-state index is -3.54. The van der Waals surface area contributed by atoms with Crippen molar-refractivity contribution >= 4 is 10.0 Å². The molecule has 0 aromatic heterocycles. The van der Waals surface area contributed by atoms with Crippen LogP contribution in [0, 0.1) is 5.82 Å². The average molecular weight is 230 g/mol. The smallest absolute Gasteiger partial charge is 0.243 e. The molecule has 1 aliphatic rings. The SMILES string of the molecule is NC1CN(S(=O)(=O)c2cccc(F)c2)C1. The van der Waals surface area contributed by atoms with Crippen molar-refractivity contribution in [3.8, 4) is 0 Å². The van der Waals surface area contributed by atoms with Crippen LogP contribution in [0.1, 0.15) is 0 Å². The Kier molecular flexibility index (Phi) is 2.49. The summed E-state index contributed by atoms with van der Waals surface area (Å²) >= 11 is 0. The Morgan fingerprint density at radius 3 is 2.60 bits per heavy atom. The standard InChI is InChI=1S/C9H11FN2O2S/c10-7-2-1-3-9(4-7)15(13,14)12-5-8(11)6-12/h1-4,8H,5-6,11H2. The third kappa shape index (κ3) is 1.88. The molecule has 0 unspecified atom stereocenters. The molecule has 1 fully saturated rings. The first-order valence-electron chi connectivity index (χ1n) is 4.51. The average Bonchev–Trinajstić information content (AvgIpc) is 2.13. The summed E-state index contributed by atoms with van der Waals surface area (Å²) in [5.74, 6) is -0.555. The van der Waals surface area contributed by atoms with Crippen molar-refractivity contribution in [1.29, 1.82) is 0 Å². The van der Waals surface area contributed by atoms with Gasteiger partial charge in [-0.05, 0) is 18.2 Å². The molecule has 0 bridgehead atoms. The monoisotopic (exact) mass is 230 g/mol. The number of benzene rings is 1. The molecule has 1 aromatic carbocycles. The van der Waals surface area contributed by atoms with Gasteiger partial charge >= 0.3 is 0 Å². The van der Waals surface area contributed by atoms with Gasteiger partial charge in [0.1, 0.15) is 5.82 Å². The van der Waals surface area contributed by atoms with Gasteiger partial charge in [0, 0.05) is 19.1 Å². The highest BCUT2D eigenvalue weighted by molar-refractivity contribution is 7.89. The Morgan fingerprint density at radius 2 is 2.07 bits per heavy atom. The van der Waals surface area contributed by atoms with Crippen LogP contribution in [-0.2, 0) is 10.0 Å². The lowest BCUT2D eigenvalue weighted by atomic mass is 10.2. The van der Waals surface area contributed by atoms with Crippen LogP contribution in [0.15, 0.2) is 29.2 Å². The fourth-order valence-electron chi connectivity index (χ4n) is 1.44. The molecule has 0 aliphatic carbocycles. The molecule has 1 aromatic rings. The number of sulfonamides is 1. The lowest BCUT2D eigenvalue weighted by Gasteiger charge is -2.35. The quantitative estimate of drug-likeness (QED) is 0.787. The van der Waals surface area contributed by atoms with E-state index >= 15 is 0 Å². The van der Waals surface area contributed by atoms with Gasteiger partial charge in [-0.25, -0.2) is 12.8 Å². The molecule has 0 amide bonds. The Labute approximate surface area is 87.5 Å². The molecule has 0 saturated carbocycles. The van der Waals surface area contributed by atoms with Crippen LogP contribution in [0.2, 0.25) is 0 Å². The van der Waals surface area contributed by atoms with E-state index in [0.717, 1.165) is 6.07 Å². The summed E-state index contributed by atoms with van der Waals surface area (Å²) in [7, 11) is -3.54. The van der Waals surface area contributed by atoms with E-state index in [-0.39, 0.29) is 10.9 Å². The van der Waals surface area contributed by atoms with Gasteiger partial charge in [0.2, 0.25) is 10.0 Å². The second-order valence-corrected chi connectivity index (χ2v) is 5.48. The van der Waals surface area contributed by atoms with Crippen LogP contribution in [0.25, 0.3) is 0 Å². The van der Waals surface area contributed by atoms with E-state index in [0.29, 0.717) is 13.1 Å². The number of rotatable bonds is 2. The molecular weight excluding hydrogens is 219 g/mol. The van der Waals surface area contributed by atoms with Crippen molar-refractivity contribution in [2.24, 2.45) is 5.73 Å². The zero-order valence-electron chi connectivity index (χ0n) is 7.93. The van der Waals surface area contributed by atoms with Gasteiger partial charge < -0.3 is 5.73 Å². The lowest BCUT2D eigenvalue weighted by molar-refractivity contribution is 0.265. The second kappa shape index (κ2) is 3.55.